The minimum atomic E-state index is -0.574. The summed E-state index contributed by atoms with van der Waals surface area (Å²) in [7, 11) is 0. The zero-order chi connectivity index (χ0) is 13.1. The van der Waals surface area contributed by atoms with Gasteiger partial charge in [0.25, 0.3) is 0 Å². The van der Waals surface area contributed by atoms with Crippen LogP contribution in [0.1, 0.15) is 25.0 Å². The molecular weight excluding hydrogens is 239 g/mol. The topological polar surface area (TPSA) is 35.8 Å². The average molecular weight is 255 g/mol. The van der Waals surface area contributed by atoms with E-state index in [2.05, 4.69) is 11.4 Å². The maximum atomic E-state index is 13.4. The lowest BCUT2D eigenvalue weighted by Crippen LogP contribution is -2.38. The Balaban J connectivity index is 2.65. The quantitative estimate of drug-likeness (QED) is 0.896. The fraction of sp³-hybridized carbons (Fsp3) is 0.462. The van der Waals surface area contributed by atoms with Gasteiger partial charge in [-0.25, -0.2) is 4.39 Å². The highest BCUT2D eigenvalue weighted by atomic mass is 35.5. The zero-order valence-corrected chi connectivity index (χ0v) is 11.0. The van der Waals surface area contributed by atoms with Crippen LogP contribution in [-0.4, -0.2) is 12.1 Å². The fourth-order valence-electron chi connectivity index (χ4n) is 1.43. The summed E-state index contributed by atoms with van der Waals surface area (Å²) in [5.41, 5.74) is 0.732. The predicted octanol–water partition coefficient (Wildman–Crippen LogP) is 3.22. The standard InChI is InChI=1S/C13H16ClFN2/c1-9-6-11(14)10(7-12(9)15)4-5-17-13(2,3)8-16/h6-7,17H,4-5H2,1-3H3. The van der Waals surface area contributed by atoms with Crippen molar-refractivity contribution < 1.29 is 4.39 Å². The van der Waals surface area contributed by atoms with E-state index in [1.807, 2.05) is 0 Å². The minimum Gasteiger partial charge on any atom is -0.300 e. The van der Waals surface area contributed by atoms with Crippen LogP contribution in [0.5, 0.6) is 0 Å². The van der Waals surface area contributed by atoms with Crippen LogP contribution >= 0.6 is 11.6 Å². The molecule has 0 aromatic heterocycles. The lowest BCUT2D eigenvalue weighted by molar-refractivity contribution is 0.489. The summed E-state index contributed by atoms with van der Waals surface area (Å²) in [5, 5.41) is 12.5. The molecule has 0 aliphatic carbocycles. The molecule has 0 unspecified atom stereocenters. The van der Waals surface area contributed by atoms with Gasteiger partial charge in [0.1, 0.15) is 11.4 Å². The van der Waals surface area contributed by atoms with Gasteiger partial charge < -0.3 is 0 Å². The first-order valence-electron chi connectivity index (χ1n) is 5.46. The van der Waals surface area contributed by atoms with Crippen LogP contribution in [0.4, 0.5) is 4.39 Å². The van der Waals surface area contributed by atoms with Crippen LogP contribution in [-0.2, 0) is 6.42 Å². The van der Waals surface area contributed by atoms with Gasteiger partial charge >= 0.3 is 0 Å². The van der Waals surface area contributed by atoms with E-state index in [1.54, 1.807) is 26.8 Å². The third-order valence-electron chi connectivity index (χ3n) is 2.57. The largest absolute Gasteiger partial charge is 0.300 e. The lowest BCUT2D eigenvalue weighted by Gasteiger charge is -2.17. The highest BCUT2D eigenvalue weighted by molar-refractivity contribution is 6.31. The van der Waals surface area contributed by atoms with Gasteiger partial charge in [-0.15, -0.1) is 0 Å². The summed E-state index contributed by atoms with van der Waals surface area (Å²) in [5.74, 6) is -0.246. The third kappa shape index (κ3) is 3.99. The summed E-state index contributed by atoms with van der Waals surface area (Å²) in [6, 6.07) is 5.23. The summed E-state index contributed by atoms with van der Waals surface area (Å²) >= 11 is 6.03. The molecule has 0 atom stereocenters. The van der Waals surface area contributed by atoms with Crippen molar-refractivity contribution in [3.8, 4) is 6.07 Å². The first-order chi connectivity index (χ1) is 7.85. The number of hydrogen-bond acceptors (Lipinski definition) is 2. The molecule has 0 fully saturated rings. The van der Waals surface area contributed by atoms with E-state index in [0.29, 0.717) is 23.6 Å². The van der Waals surface area contributed by atoms with E-state index in [-0.39, 0.29) is 5.82 Å². The molecule has 0 aliphatic heterocycles. The molecule has 1 N–H and O–H groups in total. The second-order valence-electron chi connectivity index (χ2n) is 4.61. The molecule has 0 spiro atoms. The fourth-order valence-corrected chi connectivity index (χ4v) is 1.74. The molecule has 1 aromatic rings. The molecule has 4 heteroatoms. The van der Waals surface area contributed by atoms with Crippen LogP contribution in [0.15, 0.2) is 12.1 Å². The van der Waals surface area contributed by atoms with Crippen LogP contribution in [0.3, 0.4) is 0 Å². The molecule has 0 heterocycles. The monoisotopic (exact) mass is 254 g/mol. The van der Waals surface area contributed by atoms with E-state index in [0.717, 1.165) is 5.56 Å². The molecule has 0 aliphatic rings. The smallest absolute Gasteiger partial charge is 0.126 e. The van der Waals surface area contributed by atoms with Crippen molar-refractivity contribution in [2.45, 2.75) is 32.7 Å². The number of nitriles is 1. The lowest BCUT2D eigenvalue weighted by atomic mass is 10.1. The Bertz CT molecular complexity index is 449. The maximum Gasteiger partial charge on any atom is 0.126 e. The average Bonchev–Trinajstić information content (AvgIpc) is 2.25. The Kier molecular flexibility index (Phi) is 4.50. The van der Waals surface area contributed by atoms with Gasteiger partial charge in [-0.1, -0.05) is 11.6 Å². The number of nitrogens with one attached hydrogen (secondary N) is 1. The molecule has 1 rings (SSSR count). The van der Waals surface area contributed by atoms with Crippen molar-refractivity contribution in [2.75, 3.05) is 6.54 Å². The number of aryl methyl sites for hydroxylation is 1. The van der Waals surface area contributed by atoms with Crippen LogP contribution in [0, 0.1) is 24.1 Å². The summed E-state index contributed by atoms with van der Waals surface area (Å²) in [4.78, 5) is 0. The zero-order valence-electron chi connectivity index (χ0n) is 10.3. The Morgan fingerprint density at radius 1 is 1.47 bits per heavy atom. The molecule has 0 saturated heterocycles. The van der Waals surface area contributed by atoms with Crippen LogP contribution < -0.4 is 5.32 Å². The second-order valence-corrected chi connectivity index (χ2v) is 5.01. The van der Waals surface area contributed by atoms with Gasteiger partial charge in [0.15, 0.2) is 0 Å². The first kappa shape index (κ1) is 14.0. The Morgan fingerprint density at radius 3 is 2.71 bits per heavy atom. The number of benzene rings is 1. The number of halogens is 2. The Morgan fingerprint density at radius 2 is 2.12 bits per heavy atom. The molecule has 1 aromatic carbocycles. The SMILES string of the molecule is Cc1cc(Cl)c(CCNC(C)(C)C#N)cc1F. The third-order valence-corrected chi connectivity index (χ3v) is 2.92. The normalized spacial score (nSPS) is 11.3. The van der Waals surface area contributed by atoms with Gasteiger partial charge in [-0.3, -0.25) is 5.32 Å². The van der Waals surface area contributed by atoms with E-state index >= 15 is 0 Å². The molecule has 0 bridgehead atoms. The van der Waals surface area contributed by atoms with E-state index in [1.165, 1.54) is 6.07 Å². The van der Waals surface area contributed by atoms with Gasteiger partial charge in [0.05, 0.1) is 6.07 Å². The molecule has 0 radical (unpaired) electrons. The van der Waals surface area contributed by atoms with Gasteiger partial charge in [0, 0.05) is 11.6 Å². The number of hydrogen-bond donors (Lipinski definition) is 1. The molecule has 17 heavy (non-hydrogen) atoms. The summed E-state index contributed by atoms with van der Waals surface area (Å²) < 4.78 is 13.4. The van der Waals surface area contributed by atoms with Gasteiger partial charge in [-0.2, -0.15) is 5.26 Å². The van der Waals surface area contributed by atoms with Crippen molar-refractivity contribution in [3.63, 3.8) is 0 Å². The highest BCUT2D eigenvalue weighted by Gasteiger charge is 2.15. The predicted molar refractivity (Wildman–Crippen MR) is 67.5 cm³/mol. The highest BCUT2D eigenvalue weighted by Crippen LogP contribution is 2.20. The summed E-state index contributed by atoms with van der Waals surface area (Å²) in [6.45, 7) is 5.86. The van der Waals surface area contributed by atoms with Crippen molar-refractivity contribution in [3.05, 3.63) is 34.1 Å². The first-order valence-corrected chi connectivity index (χ1v) is 5.84. The van der Waals surface area contributed by atoms with Crippen molar-refractivity contribution >= 4 is 11.6 Å². The van der Waals surface area contributed by atoms with E-state index in [4.69, 9.17) is 16.9 Å². The van der Waals surface area contributed by atoms with Crippen molar-refractivity contribution in [2.24, 2.45) is 0 Å². The molecule has 0 saturated carbocycles. The minimum absolute atomic E-state index is 0.246. The second kappa shape index (κ2) is 5.48. The number of nitrogens with zero attached hydrogens (tertiary/aromatic N) is 1. The number of rotatable bonds is 4. The van der Waals surface area contributed by atoms with E-state index < -0.39 is 5.54 Å². The van der Waals surface area contributed by atoms with Gasteiger partial charge in [-0.05, 0) is 50.5 Å². The molecule has 2 nitrogen and oxygen atoms in total. The van der Waals surface area contributed by atoms with Crippen LogP contribution in [0.2, 0.25) is 5.02 Å². The molecule has 0 amide bonds. The van der Waals surface area contributed by atoms with Gasteiger partial charge in [0.2, 0.25) is 0 Å². The molecular formula is C13H16ClFN2. The van der Waals surface area contributed by atoms with E-state index in [9.17, 15) is 4.39 Å². The van der Waals surface area contributed by atoms with Crippen molar-refractivity contribution in [1.29, 1.82) is 5.26 Å². The van der Waals surface area contributed by atoms with Crippen molar-refractivity contribution in [1.82, 2.24) is 5.32 Å². The van der Waals surface area contributed by atoms with Crippen LogP contribution in [0.25, 0.3) is 0 Å². The maximum absolute atomic E-state index is 13.4. The molecule has 92 valence electrons. The Labute approximate surface area is 106 Å². The summed E-state index contributed by atoms with van der Waals surface area (Å²) in [6.07, 6.45) is 0.598. The Hall–Kier alpha value is -1.11.